The molecule has 0 spiro atoms. The average Bonchev–Trinajstić information content (AvgIpc) is 1.93. The minimum Gasteiger partial charge on any atom is -0.252 e. The van der Waals surface area contributed by atoms with Crippen LogP contribution < -0.4 is 0 Å². The summed E-state index contributed by atoms with van der Waals surface area (Å²) in [5.74, 6) is 0. The van der Waals surface area contributed by atoms with Gasteiger partial charge in [-0.2, -0.15) is 12.6 Å². The van der Waals surface area contributed by atoms with Gasteiger partial charge in [0.25, 0.3) is 0 Å². The summed E-state index contributed by atoms with van der Waals surface area (Å²) in [6.45, 7) is 2.16. The topological polar surface area (TPSA) is 3.24 Å². The minimum atomic E-state index is 0.546. The van der Waals surface area contributed by atoms with E-state index in [2.05, 4.69) is 29.7 Å². The van der Waals surface area contributed by atoms with Crippen molar-refractivity contribution in [3.63, 3.8) is 0 Å². The lowest BCUT2D eigenvalue weighted by atomic mass is 10.2. The van der Waals surface area contributed by atoms with E-state index in [1.807, 2.05) is 0 Å². The highest BCUT2D eigenvalue weighted by Crippen LogP contribution is 2.15. The molecule has 0 radical (unpaired) electrons. The van der Waals surface area contributed by atoms with Gasteiger partial charge in [-0.05, 0) is 12.8 Å². The first kappa shape index (κ1) is 7.76. The van der Waals surface area contributed by atoms with Crippen molar-refractivity contribution in [2.24, 2.45) is 0 Å². The second-order valence-electron chi connectivity index (χ2n) is 2.56. The van der Waals surface area contributed by atoms with Crippen LogP contribution in [-0.2, 0) is 0 Å². The van der Waals surface area contributed by atoms with Crippen LogP contribution in [0, 0.1) is 0 Å². The number of hydrogen-bond donors (Lipinski definition) is 2. The zero-order chi connectivity index (χ0) is 6.69. The van der Waals surface area contributed by atoms with Gasteiger partial charge in [0, 0.05) is 18.3 Å². The largest absolute Gasteiger partial charge is 0.252 e. The molecule has 0 aliphatic carbocycles. The van der Waals surface area contributed by atoms with E-state index in [9.17, 15) is 0 Å². The molecule has 0 amide bonds. The van der Waals surface area contributed by atoms with E-state index in [-0.39, 0.29) is 0 Å². The third-order valence-electron chi connectivity index (χ3n) is 1.63. The van der Waals surface area contributed by atoms with Crippen molar-refractivity contribution in [1.82, 2.24) is 4.31 Å². The molecular weight excluding hydrogens is 150 g/mol. The maximum Gasteiger partial charge on any atom is 0.0204 e. The maximum atomic E-state index is 4.40. The molecule has 3 heteroatoms. The highest BCUT2D eigenvalue weighted by atomic mass is 32.1. The van der Waals surface area contributed by atoms with Gasteiger partial charge in [0.05, 0.1) is 0 Å². The number of rotatable bonds is 0. The molecule has 1 fully saturated rings. The Morgan fingerprint density at radius 1 is 1.33 bits per heavy atom. The van der Waals surface area contributed by atoms with Gasteiger partial charge in [0.15, 0.2) is 0 Å². The number of thiol groups is 2. The molecule has 1 unspecified atom stereocenters. The van der Waals surface area contributed by atoms with Crippen molar-refractivity contribution < 1.29 is 0 Å². The van der Waals surface area contributed by atoms with Gasteiger partial charge in [0.2, 0.25) is 0 Å². The molecular formula is C6H13NS2. The van der Waals surface area contributed by atoms with Gasteiger partial charge < -0.3 is 0 Å². The van der Waals surface area contributed by atoms with Gasteiger partial charge in [-0.1, -0.05) is 19.2 Å². The fourth-order valence-electron chi connectivity index (χ4n) is 1.10. The Morgan fingerprint density at radius 3 is 2.89 bits per heavy atom. The number of nitrogens with zero attached hydrogens (tertiary/aromatic N) is 1. The van der Waals surface area contributed by atoms with Gasteiger partial charge in [0.1, 0.15) is 0 Å². The molecule has 1 saturated heterocycles. The lowest BCUT2D eigenvalue weighted by Crippen LogP contribution is -2.19. The van der Waals surface area contributed by atoms with E-state index in [1.165, 1.54) is 19.3 Å². The molecule has 0 aromatic rings. The van der Waals surface area contributed by atoms with Crippen molar-refractivity contribution in [1.29, 1.82) is 0 Å². The van der Waals surface area contributed by atoms with Crippen molar-refractivity contribution >= 4 is 25.4 Å². The third kappa shape index (κ3) is 2.83. The smallest absolute Gasteiger partial charge is 0.0204 e. The molecule has 0 aromatic heterocycles. The molecule has 0 bridgehead atoms. The fourth-order valence-corrected chi connectivity index (χ4v) is 1.95. The normalized spacial score (nSPS) is 32.0. The second kappa shape index (κ2) is 3.74. The summed E-state index contributed by atoms with van der Waals surface area (Å²) in [6, 6.07) is 0. The van der Waals surface area contributed by atoms with Crippen LogP contribution in [0.5, 0.6) is 0 Å². The first-order chi connectivity index (χ1) is 4.29. The van der Waals surface area contributed by atoms with Gasteiger partial charge in [-0.15, -0.1) is 0 Å². The third-order valence-corrected chi connectivity index (χ3v) is 2.41. The van der Waals surface area contributed by atoms with Crippen LogP contribution >= 0.6 is 25.4 Å². The Hall–Kier alpha value is 0.660. The van der Waals surface area contributed by atoms with E-state index >= 15 is 0 Å². The first-order valence-corrected chi connectivity index (χ1v) is 4.32. The molecule has 1 nitrogen and oxygen atoms in total. The van der Waals surface area contributed by atoms with Crippen molar-refractivity contribution in [2.45, 2.75) is 24.5 Å². The Morgan fingerprint density at radius 2 is 2.11 bits per heavy atom. The lowest BCUT2D eigenvalue weighted by Gasteiger charge is -2.13. The maximum absolute atomic E-state index is 4.40. The monoisotopic (exact) mass is 163 g/mol. The zero-order valence-electron chi connectivity index (χ0n) is 5.45. The van der Waals surface area contributed by atoms with Crippen molar-refractivity contribution in [3.8, 4) is 0 Å². The van der Waals surface area contributed by atoms with Gasteiger partial charge in [-0.3, -0.25) is 4.31 Å². The molecule has 0 N–H and O–H groups in total. The minimum absolute atomic E-state index is 0.546. The predicted molar refractivity (Wildman–Crippen MR) is 47.2 cm³/mol. The summed E-state index contributed by atoms with van der Waals surface area (Å²) in [4.78, 5) is 0. The molecule has 1 atom stereocenters. The lowest BCUT2D eigenvalue weighted by molar-refractivity contribution is 0.500. The Balaban J connectivity index is 2.29. The van der Waals surface area contributed by atoms with Crippen molar-refractivity contribution in [2.75, 3.05) is 13.1 Å². The number of hydrogen-bond acceptors (Lipinski definition) is 3. The Bertz CT molecular complexity index is 77.1. The molecule has 1 rings (SSSR count). The second-order valence-corrected chi connectivity index (χ2v) is 3.86. The highest BCUT2D eigenvalue weighted by Gasteiger charge is 2.11. The van der Waals surface area contributed by atoms with E-state index in [1.54, 1.807) is 0 Å². The van der Waals surface area contributed by atoms with E-state index in [0.29, 0.717) is 5.25 Å². The molecule has 1 aliphatic rings. The van der Waals surface area contributed by atoms with Crippen LogP contribution in [0.15, 0.2) is 0 Å². The molecule has 0 aromatic carbocycles. The van der Waals surface area contributed by atoms with Crippen LogP contribution in [0.3, 0.4) is 0 Å². The fraction of sp³-hybridized carbons (Fsp3) is 1.00. The van der Waals surface area contributed by atoms with Crippen LogP contribution in [0.4, 0.5) is 0 Å². The zero-order valence-corrected chi connectivity index (χ0v) is 7.24. The summed E-state index contributed by atoms with van der Waals surface area (Å²) in [6.07, 6.45) is 3.84. The summed E-state index contributed by atoms with van der Waals surface area (Å²) < 4.78 is 2.06. The van der Waals surface area contributed by atoms with Gasteiger partial charge in [-0.25, -0.2) is 0 Å². The predicted octanol–water partition coefficient (Wildman–Crippen LogP) is 1.62. The molecule has 1 aliphatic heterocycles. The quantitative estimate of drug-likeness (QED) is 0.513. The van der Waals surface area contributed by atoms with Gasteiger partial charge >= 0.3 is 0 Å². The average molecular weight is 163 g/mol. The molecule has 9 heavy (non-hydrogen) atoms. The Kier molecular flexibility index (Phi) is 3.22. The van der Waals surface area contributed by atoms with Crippen LogP contribution in [-0.4, -0.2) is 22.6 Å². The highest BCUT2D eigenvalue weighted by molar-refractivity contribution is 7.81. The standard InChI is InChI=1S/C6H13NS2/c8-6-3-1-2-4-7(9)5-6/h6,8-9H,1-5H2. The van der Waals surface area contributed by atoms with E-state index in [4.69, 9.17) is 0 Å². The summed E-state index contributed by atoms with van der Waals surface area (Å²) in [7, 11) is 0. The van der Waals surface area contributed by atoms with Crippen LogP contribution in [0.25, 0.3) is 0 Å². The SMILES string of the molecule is SC1CCCCN(S)C1. The van der Waals surface area contributed by atoms with Crippen molar-refractivity contribution in [3.05, 3.63) is 0 Å². The molecule has 54 valence electrons. The van der Waals surface area contributed by atoms with Crippen LogP contribution in [0.1, 0.15) is 19.3 Å². The molecule has 1 heterocycles. The van der Waals surface area contributed by atoms with E-state index < -0.39 is 0 Å². The first-order valence-electron chi connectivity index (χ1n) is 3.41. The summed E-state index contributed by atoms with van der Waals surface area (Å²) in [5, 5.41) is 0.546. The van der Waals surface area contributed by atoms with E-state index in [0.717, 1.165) is 13.1 Å². The summed E-state index contributed by atoms with van der Waals surface area (Å²) in [5.41, 5.74) is 0. The Labute approximate surface area is 67.8 Å². The van der Waals surface area contributed by atoms with Crippen LogP contribution in [0.2, 0.25) is 0 Å². The summed E-state index contributed by atoms with van der Waals surface area (Å²) >= 11 is 8.67. The molecule has 0 saturated carbocycles.